The number of hydrogen-bond donors (Lipinski definition) is 2. The molecule has 1 aromatic carbocycles. The summed E-state index contributed by atoms with van der Waals surface area (Å²) in [5.41, 5.74) is 0.868. The first kappa shape index (κ1) is 17.2. The molecule has 0 bridgehead atoms. The van der Waals surface area contributed by atoms with Gasteiger partial charge in [0.1, 0.15) is 0 Å². The molecular formula is C16H23N3O4S. The van der Waals surface area contributed by atoms with Crippen molar-refractivity contribution >= 4 is 21.1 Å². The van der Waals surface area contributed by atoms with E-state index in [4.69, 9.17) is 4.42 Å². The highest BCUT2D eigenvalue weighted by Crippen LogP contribution is 2.30. The van der Waals surface area contributed by atoms with Crippen LogP contribution in [-0.4, -0.2) is 32.1 Å². The highest BCUT2D eigenvalue weighted by molar-refractivity contribution is 7.89. The van der Waals surface area contributed by atoms with Gasteiger partial charge in [-0.2, -0.15) is 0 Å². The average Bonchev–Trinajstić information content (AvgIpc) is 2.80. The number of oxazole rings is 1. The lowest BCUT2D eigenvalue weighted by Gasteiger charge is -2.39. The van der Waals surface area contributed by atoms with Gasteiger partial charge in [-0.3, -0.25) is 4.57 Å². The minimum Gasteiger partial charge on any atom is -0.408 e. The summed E-state index contributed by atoms with van der Waals surface area (Å²) in [4.78, 5) is 11.6. The van der Waals surface area contributed by atoms with Gasteiger partial charge in [-0.15, -0.1) is 0 Å². The molecule has 0 aliphatic carbocycles. The van der Waals surface area contributed by atoms with Crippen LogP contribution in [0.3, 0.4) is 0 Å². The minimum atomic E-state index is -3.67. The number of aryl methyl sites for hydroxylation is 1. The topological polar surface area (TPSA) is 93.3 Å². The summed E-state index contributed by atoms with van der Waals surface area (Å²) in [5.74, 6) is -0.513. The molecule has 8 heteroatoms. The van der Waals surface area contributed by atoms with Gasteiger partial charge >= 0.3 is 5.76 Å². The highest BCUT2D eigenvalue weighted by Gasteiger charge is 2.32. The Kier molecular flexibility index (Phi) is 4.31. The largest absolute Gasteiger partial charge is 0.419 e. The van der Waals surface area contributed by atoms with E-state index in [1.807, 2.05) is 0 Å². The van der Waals surface area contributed by atoms with Gasteiger partial charge in [0.2, 0.25) is 10.0 Å². The first-order chi connectivity index (χ1) is 11.2. The van der Waals surface area contributed by atoms with Gasteiger partial charge in [0.05, 0.1) is 10.4 Å². The van der Waals surface area contributed by atoms with Crippen LogP contribution in [0, 0.1) is 5.41 Å². The van der Waals surface area contributed by atoms with Crippen LogP contribution in [0.25, 0.3) is 11.1 Å². The van der Waals surface area contributed by atoms with Crippen LogP contribution >= 0.6 is 0 Å². The van der Waals surface area contributed by atoms with Gasteiger partial charge in [0, 0.05) is 25.7 Å². The fraction of sp³-hybridized carbons (Fsp3) is 0.562. The molecule has 1 aliphatic rings. The third-order valence-electron chi connectivity index (χ3n) is 4.88. The number of nitrogens with one attached hydrogen (secondary N) is 2. The summed E-state index contributed by atoms with van der Waals surface area (Å²) >= 11 is 0. The van der Waals surface area contributed by atoms with Gasteiger partial charge < -0.3 is 9.73 Å². The lowest BCUT2D eigenvalue weighted by molar-refractivity contribution is 0.181. The Morgan fingerprint density at radius 3 is 2.88 bits per heavy atom. The smallest absolute Gasteiger partial charge is 0.408 e. The molecule has 1 saturated heterocycles. The van der Waals surface area contributed by atoms with E-state index in [1.165, 1.54) is 16.7 Å². The predicted molar refractivity (Wildman–Crippen MR) is 91.4 cm³/mol. The summed E-state index contributed by atoms with van der Waals surface area (Å²) in [7, 11) is -2.09. The van der Waals surface area contributed by atoms with E-state index in [2.05, 4.69) is 23.9 Å². The highest BCUT2D eigenvalue weighted by atomic mass is 32.2. The number of fused-ring (bicyclic) bond motifs is 1. The van der Waals surface area contributed by atoms with Crippen LogP contribution in [0.1, 0.15) is 26.7 Å². The maximum atomic E-state index is 12.6. The maximum Gasteiger partial charge on any atom is 0.419 e. The molecule has 24 heavy (non-hydrogen) atoms. The van der Waals surface area contributed by atoms with Crippen molar-refractivity contribution in [3.05, 3.63) is 28.7 Å². The molecule has 1 atom stereocenters. The Labute approximate surface area is 141 Å². The monoisotopic (exact) mass is 353 g/mol. The molecule has 1 aliphatic heterocycles. The van der Waals surface area contributed by atoms with Gasteiger partial charge in [-0.25, -0.2) is 17.9 Å². The molecule has 1 unspecified atom stereocenters. The summed E-state index contributed by atoms with van der Waals surface area (Å²) in [6.07, 6.45) is 2.16. The molecule has 1 aromatic heterocycles. The zero-order valence-corrected chi connectivity index (χ0v) is 14.9. The van der Waals surface area contributed by atoms with E-state index in [-0.39, 0.29) is 21.9 Å². The molecule has 132 valence electrons. The molecule has 7 nitrogen and oxygen atoms in total. The molecule has 0 spiro atoms. The van der Waals surface area contributed by atoms with Crippen LogP contribution < -0.4 is 15.8 Å². The third-order valence-corrected chi connectivity index (χ3v) is 6.30. The quantitative estimate of drug-likeness (QED) is 0.861. The molecule has 2 aromatic rings. The van der Waals surface area contributed by atoms with Crippen LogP contribution in [0.15, 0.2) is 32.3 Å². The van der Waals surface area contributed by atoms with Crippen molar-refractivity contribution in [2.45, 2.75) is 37.6 Å². The normalized spacial score (nSPS) is 21.2. The van der Waals surface area contributed by atoms with E-state index in [1.54, 1.807) is 13.1 Å². The van der Waals surface area contributed by atoms with Crippen molar-refractivity contribution in [3.63, 3.8) is 0 Å². The summed E-state index contributed by atoms with van der Waals surface area (Å²) in [6.45, 7) is 5.51. The van der Waals surface area contributed by atoms with Gasteiger partial charge in [-0.05, 0) is 36.9 Å². The zero-order chi connectivity index (χ0) is 17.5. The molecule has 0 radical (unpaired) electrons. The summed E-state index contributed by atoms with van der Waals surface area (Å²) in [6, 6.07) is 4.54. The second-order valence-electron chi connectivity index (χ2n) is 7.01. The zero-order valence-electron chi connectivity index (χ0n) is 14.1. The third kappa shape index (κ3) is 3.13. The van der Waals surface area contributed by atoms with Crippen molar-refractivity contribution in [1.29, 1.82) is 0 Å². The fourth-order valence-electron chi connectivity index (χ4n) is 3.18. The number of hydrogen-bond acceptors (Lipinski definition) is 5. The van der Waals surface area contributed by atoms with E-state index in [9.17, 15) is 13.2 Å². The van der Waals surface area contributed by atoms with Crippen molar-refractivity contribution < 1.29 is 12.8 Å². The molecule has 1 fully saturated rings. The van der Waals surface area contributed by atoms with Gasteiger partial charge in [0.15, 0.2) is 5.58 Å². The maximum absolute atomic E-state index is 12.6. The number of aromatic nitrogens is 1. The van der Waals surface area contributed by atoms with Gasteiger partial charge in [-0.1, -0.05) is 13.8 Å². The van der Waals surface area contributed by atoms with Crippen molar-refractivity contribution in [2.75, 3.05) is 13.1 Å². The first-order valence-electron chi connectivity index (χ1n) is 8.03. The van der Waals surface area contributed by atoms with Crippen molar-refractivity contribution in [2.24, 2.45) is 12.5 Å². The summed E-state index contributed by atoms with van der Waals surface area (Å²) < 4.78 is 34.2. The van der Waals surface area contributed by atoms with Crippen molar-refractivity contribution in [3.8, 4) is 0 Å². The second-order valence-corrected chi connectivity index (χ2v) is 8.77. The lowest BCUT2D eigenvalue weighted by Crippen LogP contribution is -2.52. The molecule has 2 N–H and O–H groups in total. The molecular weight excluding hydrogens is 330 g/mol. The SMILES string of the molecule is Cn1c(=O)oc2cc(S(=O)(=O)NCC3NCCCC3(C)C)ccc21. The number of piperidine rings is 1. The Morgan fingerprint density at radius 2 is 2.17 bits per heavy atom. The molecule has 0 saturated carbocycles. The van der Waals surface area contributed by atoms with Crippen LogP contribution in [-0.2, 0) is 17.1 Å². The molecule has 2 heterocycles. The standard InChI is InChI=1S/C16H23N3O4S/c1-16(2)7-4-8-17-14(16)10-18-24(21,22)11-5-6-12-13(9-11)23-15(20)19(12)3/h5-6,9,14,17-18H,4,7-8,10H2,1-3H3. The van der Waals surface area contributed by atoms with E-state index < -0.39 is 15.8 Å². The number of benzene rings is 1. The van der Waals surface area contributed by atoms with Crippen molar-refractivity contribution in [1.82, 2.24) is 14.6 Å². The van der Waals surface area contributed by atoms with Crippen LogP contribution in [0.4, 0.5) is 0 Å². The summed E-state index contributed by atoms with van der Waals surface area (Å²) in [5, 5.41) is 3.38. The van der Waals surface area contributed by atoms with Gasteiger partial charge in [0.25, 0.3) is 0 Å². The van der Waals surface area contributed by atoms with E-state index in [0.29, 0.717) is 12.1 Å². The Morgan fingerprint density at radius 1 is 1.42 bits per heavy atom. The second kappa shape index (κ2) is 6.02. The minimum absolute atomic E-state index is 0.0386. The fourth-order valence-corrected chi connectivity index (χ4v) is 4.24. The Hall–Kier alpha value is -1.64. The Bertz CT molecular complexity index is 911. The lowest BCUT2D eigenvalue weighted by atomic mass is 9.78. The average molecular weight is 353 g/mol. The number of nitrogens with zero attached hydrogens (tertiary/aromatic N) is 1. The number of sulfonamides is 1. The van der Waals surface area contributed by atoms with Crippen LogP contribution in [0.2, 0.25) is 0 Å². The van der Waals surface area contributed by atoms with E-state index >= 15 is 0 Å². The number of rotatable bonds is 4. The first-order valence-corrected chi connectivity index (χ1v) is 9.52. The predicted octanol–water partition coefficient (Wildman–Crippen LogP) is 1.19. The molecule has 0 amide bonds. The Balaban J connectivity index is 1.81. The van der Waals surface area contributed by atoms with Crippen LogP contribution in [0.5, 0.6) is 0 Å². The van der Waals surface area contributed by atoms with E-state index in [0.717, 1.165) is 19.4 Å². The molecule has 3 rings (SSSR count).